The van der Waals surface area contributed by atoms with Crippen LogP contribution in [0.15, 0.2) is 46.4 Å². The van der Waals surface area contributed by atoms with Gasteiger partial charge in [-0.25, -0.2) is 9.69 Å². The van der Waals surface area contributed by atoms with E-state index in [1.165, 1.54) is 12.1 Å². The molecule has 7 nitrogen and oxygen atoms in total. The number of nitrogens with one attached hydrogen (secondary N) is 1. The standard InChI is InChI=1S/C20H13BrClN3O4/c1-11-2-4-13(5-3-11)25-19(27)14(18(26)24-20(25)28)8-12-9-15(21)17(16(22)10-12)29-7-6-23/h2-5,8-10H,7H2,1H3,(H,24,26,28)/b14-8+. The quantitative estimate of drug-likeness (QED) is 0.534. The zero-order valence-corrected chi connectivity index (χ0v) is 17.4. The molecule has 0 saturated carbocycles. The molecule has 0 bridgehead atoms. The minimum Gasteiger partial charge on any atom is -0.476 e. The molecular weight excluding hydrogens is 462 g/mol. The third kappa shape index (κ3) is 4.31. The average Bonchev–Trinajstić information content (AvgIpc) is 2.66. The van der Waals surface area contributed by atoms with E-state index < -0.39 is 17.8 Å². The number of rotatable bonds is 4. The Morgan fingerprint density at radius 2 is 1.93 bits per heavy atom. The van der Waals surface area contributed by atoms with Gasteiger partial charge in [-0.15, -0.1) is 0 Å². The summed E-state index contributed by atoms with van der Waals surface area (Å²) in [5, 5.41) is 11.0. The van der Waals surface area contributed by atoms with Gasteiger partial charge in [0.1, 0.15) is 11.6 Å². The van der Waals surface area contributed by atoms with E-state index in [0.29, 0.717) is 15.7 Å². The molecule has 146 valence electrons. The second kappa shape index (κ2) is 8.47. The van der Waals surface area contributed by atoms with E-state index in [1.807, 2.05) is 13.0 Å². The van der Waals surface area contributed by atoms with E-state index in [4.69, 9.17) is 21.6 Å². The molecule has 0 spiro atoms. The van der Waals surface area contributed by atoms with E-state index >= 15 is 0 Å². The van der Waals surface area contributed by atoms with Crippen LogP contribution in [0, 0.1) is 18.3 Å². The van der Waals surface area contributed by atoms with Crippen LogP contribution in [0.2, 0.25) is 5.02 Å². The SMILES string of the molecule is Cc1ccc(N2C(=O)NC(=O)/C(=C\c3cc(Cl)c(OCC#N)c(Br)c3)C2=O)cc1. The number of nitriles is 1. The molecule has 2 aromatic rings. The predicted octanol–water partition coefficient (Wildman–Crippen LogP) is 3.98. The van der Waals surface area contributed by atoms with Gasteiger partial charge in [0.25, 0.3) is 11.8 Å². The average molecular weight is 475 g/mol. The van der Waals surface area contributed by atoms with Crippen LogP contribution in [0.1, 0.15) is 11.1 Å². The molecule has 0 radical (unpaired) electrons. The normalized spacial score (nSPS) is 15.3. The van der Waals surface area contributed by atoms with E-state index in [9.17, 15) is 14.4 Å². The van der Waals surface area contributed by atoms with Crippen molar-refractivity contribution in [3.05, 3.63) is 62.6 Å². The van der Waals surface area contributed by atoms with Gasteiger partial charge in [0.2, 0.25) is 0 Å². The maximum atomic E-state index is 12.9. The van der Waals surface area contributed by atoms with Crippen LogP contribution in [-0.4, -0.2) is 24.5 Å². The molecule has 0 aliphatic carbocycles. The van der Waals surface area contributed by atoms with Gasteiger partial charge in [0.05, 0.1) is 15.2 Å². The van der Waals surface area contributed by atoms with Crippen LogP contribution in [0.4, 0.5) is 10.5 Å². The first-order chi connectivity index (χ1) is 13.8. The van der Waals surface area contributed by atoms with Crippen LogP contribution < -0.4 is 15.0 Å². The summed E-state index contributed by atoms with van der Waals surface area (Å²) >= 11 is 9.47. The number of aryl methyl sites for hydroxylation is 1. The molecule has 0 atom stereocenters. The van der Waals surface area contributed by atoms with Crippen molar-refractivity contribution in [1.29, 1.82) is 5.26 Å². The first kappa shape index (κ1) is 20.6. The Hall–Kier alpha value is -3.15. The number of barbiturate groups is 1. The summed E-state index contributed by atoms with van der Waals surface area (Å²) in [6.07, 6.45) is 1.33. The first-order valence-electron chi connectivity index (χ1n) is 8.28. The third-order valence-corrected chi connectivity index (χ3v) is 4.88. The number of anilines is 1. The van der Waals surface area contributed by atoms with Gasteiger partial charge < -0.3 is 4.74 Å². The predicted molar refractivity (Wildman–Crippen MR) is 110 cm³/mol. The van der Waals surface area contributed by atoms with Crippen LogP contribution in [-0.2, 0) is 9.59 Å². The molecule has 0 unspecified atom stereocenters. The lowest BCUT2D eigenvalue weighted by molar-refractivity contribution is -0.122. The first-order valence-corrected chi connectivity index (χ1v) is 9.46. The van der Waals surface area contributed by atoms with Crippen LogP contribution in [0.5, 0.6) is 5.75 Å². The van der Waals surface area contributed by atoms with E-state index in [0.717, 1.165) is 10.5 Å². The second-order valence-electron chi connectivity index (χ2n) is 6.05. The molecule has 9 heteroatoms. The number of halogens is 2. The Kier molecular flexibility index (Phi) is 6.01. The van der Waals surface area contributed by atoms with E-state index in [-0.39, 0.29) is 23.0 Å². The fraction of sp³-hybridized carbons (Fsp3) is 0.100. The highest BCUT2D eigenvalue weighted by Gasteiger charge is 2.36. The summed E-state index contributed by atoms with van der Waals surface area (Å²) in [7, 11) is 0. The highest BCUT2D eigenvalue weighted by Crippen LogP contribution is 2.35. The van der Waals surface area contributed by atoms with Crippen molar-refractivity contribution in [2.45, 2.75) is 6.92 Å². The van der Waals surface area contributed by atoms with Crippen molar-refractivity contribution in [1.82, 2.24) is 5.32 Å². The lowest BCUT2D eigenvalue weighted by Gasteiger charge is -2.26. The number of carbonyl (C=O) groups is 3. The zero-order valence-electron chi connectivity index (χ0n) is 15.0. The summed E-state index contributed by atoms with van der Waals surface area (Å²) in [5.41, 5.74) is 1.52. The van der Waals surface area contributed by atoms with Gasteiger partial charge in [0, 0.05) is 0 Å². The molecule has 4 amide bonds. The Labute approximate surface area is 179 Å². The summed E-state index contributed by atoms with van der Waals surface area (Å²) in [5.74, 6) is -1.29. The highest BCUT2D eigenvalue weighted by atomic mass is 79.9. The molecule has 1 fully saturated rings. The molecule has 1 aliphatic heterocycles. The maximum Gasteiger partial charge on any atom is 0.335 e. The van der Waals surface area contributed by atoms with Gasteiger partial charge in [-0.2, -0.15) is 5.26 Å². The minimum absolute atomic E-state index is 0.187. The molecule has 1 heterocycles. The van der Waals surface area contributed by atoms with Crippen molar-refractivity contribution < 1.29 is 19.1 Å². The lowest BCUT2D eigenvalue weighted by atomic mass is 10.1. The van der Waals surface area contributed by atoms with Crippen molar-refractivity contribution >= 4 is 57.1 Å². The minimum atomic E-state index is -0.819. The largest absolute Gasteiger partial charge is 0.476 e. The fourth-order valence-electron chi connectivity index (χ4n) is 2.66. The topological polar surface area (TPSA) is 99.5 Å². The molecule has 1 N–H and O–H groups in total. The molecule has 1 aliphatic rings. The van der Waals surface area contributed by atoms with Crippen molar-refractivity contribution in [2.24, 2.45) is 0 Å². The fourth-order valence-corrected chi connectivity index (χ4v) is 3.65. The van der Waals surface area contributed by atoms with Crippen LogP contribution >= 0.6 is 27.5 Å². The number of hydrogen-bond donors (Lipinski definition) is 1. The number of benzene rings is 2. The van der Waals surface area contributed by atoms with Gasteiger partial charge in [0.15, 0.2) is 12.4 Å². The number of amides is 4. The van der Waals surface area contributed by atoms with Gasteiger partial charge in [-0.3, -0.25) is 14.9 Å². The number of urea groups is 1. The highest BCUT2D eigenvalue weighted by molar-refractivity contribution is 9.10. The Bertz CT molecular complexity index is 1070. The summed E-state index contributed by atoms with van der Waals surface area (Å²) in [6.45, 7) is 1.69. The molecule has 29 heavy (non-hydrogen) atoms. The number of imide groups is 2. The van der Waals surface area contributed by atoms with Crippen molar-refractivity contribution in [2.75, 3.05) is 11.5 Å². The Morgan fingerprint density at radius 3 is 2.55 bits per heavy atom. The van der Waals surface area contributed by atoms with E-state index in [2.05, 4.69) is 21.2 Å². The maximum absolute atomic E-state index is 12.9. The zero-order chi connectivity index (χ0) is 21.1. The molecule has 2 aromatic carbocycles. The number of carbonyl (C=O) groups excluding carboxylic acids is 3. The van der Waals surface area contributed by atoms with Gasteiger partial charge in [-0.05, 0) is 58.8 Å². The lowest BCUT2D eigenvalue weighted by Crippen LogP contribution is -2.54. The van der Waals surface area contributed by atoms with E-state index in [1.54, 1.807) is 30.3 Å². The molecular formula is C20H13BrClN3O4. The van der Waals surface area contributed by atoms with Gasteiger partial charge in [-0.1, -0.05) is 29.3 Å². The van der Waals surface area contributed by atoms with Crippen LogP contribution in [0.25, 0.3) is 6.08 Å². The number of nitrogens with zero attached hydrogens (tertiary/aromatic N) is 2. The van der Waals surface area contributed by atoms with Gasteiger partial charge >= 0.3 is 6.03 Å². The monoisotopic (exact) mass is 473 g/mol. The second-order valence-corrected chi connectivity index (χ2v) is 7.32. The van der Waals surface area contributed by atoms with Crippen molar-refractivity contribution in [3.63, 3.8) is 0 Å². The Balaban J connectivity index is 1.98. The molecule has 3 rings (SSSR count). The molecule has 1 saturated heterocycles. The Morgan fingerprint density at radius 1 is 1.24 bits per heavy atom. The number of ether oxygens (including phenoxy) is 1. The summed E-state index contributed by atoms with van der Waals surface area (Å²) in [6, 6.07) is 10.8. The number of hydrogen-bond acceptors (Lipinski definition) is 5. The molecule has 0 aromatic heterocycles. The third-order valence-electron chi connectivity index (χ3n) is 4.01. The van der Waals surface area contributed by atoms with Crippen molar-refractivity contribution in [3.8, 4) is 11.8 Å². The summed E-state index contributed by atoms with van der Waals surface area (Å²) < 4.78 is 5.69. The van der Waals surface area contributed by atoms with Crippen LogP contribution in [0.3, 0.4) is 0 Å². The smallest absolute Gasteiger partial charge is 0.335 e. The summed E-state index contributed by atoms with van der Waals surface area (Å²) in [4.78, 5) is 38.3.